The molecule has 3 nitrogen and oxygen atoms in total. The molecule has 1 saturated heterocycles. The SMILES string of the molecule is C=CC1CC(=O)N(C23CC4CC(CC(O)(C4)C2)C3)C1. The fourth-order valence-corrected chi connectivity index (χ4v) is 5.83. The normalized spacial score (nSPS) is 51.9. The predicted octanol–water partition coefficient (Wildman–Crippen LogP) is 2.10. The van der Waals surface area contributed by atoms with E-state index in [-0.39, 0.29) is 11.4 Å². The van der Waals surface area contributed by atoms with Gasteiger partial charge in [-0.05, 0) is 50.4 Å². The molecule has 0 aromatic heterocycles. The van der Waals surface area contributed by atoms with E-state index >= 15 is 0 Å². The van der Waals surface area contributed by atoms with Gasteiger partial charge < -0.3 is 10.0 Å². The fourth-order valence-electron chi connectivity index (χ4n) is 5.83. The van der Waals surface area contributed by atoms with Crippen LogP contribution in [0, 0.1) is 17.8 Å². The molecule has 0 aromatic carbocycles. The summed E-state index contributed by atoms with van der Waals surface area (Å²) in [4.78, 5) is 14.5. The van der Waals surface area contributed by atoms with E-state index in [1.54, 1.807) is 0 Å². The Morgan fingerprint density at radius 3 is 2.47 bits per heavy atom. The molecule has 4 saturated carbocycles. The summed E-state index contributed by atoms with van der Waals surface area (Å²) in [6.07, 6.45) is 8.84. The van der Waals surface area contributed by atoms with Crippen molar-refractivity contribution in [3.63, 3.8) is 0 Å². The molecule has 4 aliphatic carbocycles. The Balaban J connectivity index is 1.67. The van der Waals surface area contributed by atoms with Gasteiger partial charge in [0.1, 0.15) is 0 Å². The van der Waals surface area contributed by atoms with Crippen LogP contribution in [0.15, 0.2) is 12.7 Å². The van der Waals surface area contributed by atoms with Crippen molar-refractivity contribution >= 4 is 5.91 Å². The molecule has 5 fully saturated rings. The average Bonchev–Trinajstić information content (AvgIpc) is 2.68. The highest BCUT2D eigenvalue weighted by molar-refractivity contribution is 5.80. The zero-order valence-electron chi connectivity index (χ0n) is 11.5. The van der Waals surface area contributed by atoms with Crippen LogP contribution < -0.4 is 0 Å². The highest BCUT2D eigenvalue weighted by Crippen LogP contribution is 2.60. The summed E-state index contributed by atoms with van der Waals surface area (Å²) in [5.41, 5.74) is -0.496. The van der Waals surface area contributed by atoms with Gasteiger partial charge >= 0.3 is 0 Å². The predicted molar refractivity (Wildman–Crippen MR) is 72.4 cm³/mol. The van der Waals surface area contributed by atoms with Crippen molar-refractivity contribution in [3.8, 4) is 0 Å². The molecule has 5 aliphatic rings. The van der Waals surface area contributed by atoms with Crippen LogP contribution in [0.25, 0.3) is 0 Å². The minimum Gasteiger partial charge on any atom is -0.390 e. The van der Waals surface area contributed by atoms with Crippen molar-refractivity contribution in [1.29, 1.82) is 0 Å². The van der Waals surface area contributed by atoms with Gasteiger partial charge in [-0.25, -0.2) is 0 Å². The largest absolute Gasteiger partial charge is 0.390 e. The third-order valence-electron chi connectivity index (χ3n) is 6.06. The first-order valence-electron chi connectivity index (χ1n) is 7.67. The number of hydrogen-bond donors (Lipinski definition) is 1. The maximum absolute atomic E-state index is 12.4. The number of likely N-dealkylation sites (tertiary alicyclic amines) is 1. The van der Waals surface area contributed by atoms with Crippen molar-refractivity contribution in [3.05, 3.63) is 12.7 Å². The molecule has 5 rings (SSSR count). The van der Waals surface area contributed by atoms with Gasteiger partial charge in [0.2, 0.25) is 5.91 Å². The van der Waals surface area contributed by atoms with E-state index in [0.717, 1.165) is 38.6 Å². The average molecular weight is 261 g/mol. The van der Waals surface area contributed by atoms with Crippen LogP contribution in [0.5, 0.6) is 0 Å². The molecular weight excluding hydrogens is 238 g/mol. The molecule has 3 atom stereocenters. The Bertz CT molecular complexity index is 430. The van der Waals surface area contributed by atoms with E-state index in [1.807, 2.05) is 6.08 Å². The van der Waals surface area contributed by atoms with Crippen molar-refractivity contribution in [2.75, 3.05) is 6.54 Å². The lowest BCUT2D eigenvalue weighted by atomic mass is 9.50. The Kier molecular flexibility index (Phi) is 2.28. The summed E-state index contributed by atoms with van der Waals surface area (Å²) in [6, 6.07) is 0. The zero-order chi connectivity index (χ0) is 13.3. The number of nitrogens with zero attached hydrogens (tertiary/aromatic N) is 1. The van der Waals surface area contributed by atoms with Crippen LogP contribution in [0.3, 0.4) is 0 Å². The van der Waals surface area contributed by atoms with E-state index in [1.165, 1.54) is 6.42 Å². The quantitative estimate of drug-likeness (QED) is 0.773. The molecule has 3 heteroatoms. The summed E-state index contributed by atoms with van der Waals surface area (Å²) >= 11 is 0. The van der Waals surface area contributed by atoms with Crippen LogP contribution in [-0.4, -0.2) is 33.6 Å². The number of rotatable bonds is 2. The molecule has 1 aliphatic heterocycles. The summed E-state index contributed by atoms with van der Waals surface area (Å²) in [6.45, 7) is 4.67. The third-order valence-corrected chi connectivity index (χ3v) is 6.06. The molecule has 104 valence electrons. The second kappa shape index (κ2) is 3.63. The van der Waals surface area contributed by atoms with Gasteiger partial charge in [0.05, 0.1) is 5.60 Å². The maximum atomic E-state index is 12.4. The number of amides is 1. The van der Waals surface area contributed by atoms with Crippen LogP contribution >= 0.6 is 0 Å². The molecule has 1 heterocycles. The highest BCUT2D eigenvalue weighted by atomic mass is 16.3. The van der Waals surface area contributed by atoms with E-state index in [9.17, 15) is 9.90 Å². The van der Waals surface area contributed by atoms with Crippen molar-refractivity contribution in [1.82, 2.24) is 4.90 Å². The molecular formula is C16H23NO2. The fraction of sp³-hybridized carbons (Fsp3) is 0.812. The summed E-state index contributed by atoms with van der Waals surface area (Å²) in [5, 5.41) is 10.8. The summed E-state index contributed by atoms with van der Waals surface area (Å²) in [5.74, 6) is 1.88. The van der Waals surface area contributed by atoms with E-state index < -0.39 is 5.60 Å². The molecule has 4 bridgehead atoms. The smallest absolute Gasteiger partial charge is 0.223 e. The molecule has 1 N–H and O–H groups in total. The van der Waals surface area contributed by atoms with E-state index in [0.29, 0.717) is 24.2 Å². The Labute approximate surface area is 114 Å². The van der Waals surface area contributed by atoms with Crippen molar-refractivity contribution in [2.45, 2.75) is 56.1 Å². The molecule has 19 heavy (non-hydrogen) atoms. The van der Waals surface area contributed by atoms with Gasteiger partial charge in [0, 0.05) is 24.4 Å². The first kappa shape index (κ1) is 12.0. The van der Waals surface area contributed by atoms with Crippen molar-refractivity contribution < 1.29 is 9.90 Å². The van der Waals surface area contributed by atoms with Gasteiger partial charge in [-0.1, -0.05) is 6.08 Å². The summed E-state index contributed by atoms with van der Waals surface area (Å²) < 4.78 is 0. The van der Waals surface area contributed by atoms with Gasteiger partial charge in [0.15, 0.2) is 0 Å². The summed E-state index contributed by atoms with van der Waals surface area (Å²) in [7, 11) is 0. The standard InChI is InChI=1S/C16H23NO2/c1-2-11-4-14(18)17(9-11)15-5-12-3-13(6-15)8-16(19,7-12)10-15/h2,11-13,19H,1,3-10H2. The molecule has 0 aromatic rings. The Morgan fingerprint density at radius 2 is 1.95 bits per heavy atom. The molecule has 3 unspecified atom stereocenters. The third kappa shape index (κ3) is 1.63. The number of carbonyl (C=O) groups excluding carboxylic acids is 1. The van der Waals surface area contributed by atoms with Crippen LogP contribution in [-0.2, 0) is 4.79 Å². The lowest BCUT2D eigenvalue weighted by molar-refractivity contribution is -0.179. The second-order valence-corrected chi connectivity index (χ2v) is 7.61. The lowest BCUT2D eigenvalue weighted by Gasteiger charge is -2.62. The van der Waals surface area contributed by atoms with Gasteiger partial charge in [-0.3, -0.25) is 4.79 Å². The maximum Gasteiger partial charge on any atom is 0.223 e. The number of carbonyl (C=O) groups is 1. The molecule has 0 spiro atoms. The van der Waals surface area contributed by atoms with Crippen LogP contribution in [0.1, 0.15) is 44.9 Å². The van der Waals surface area contributed by atoms with E-state index in [4.69, 9.17) is 0 Å². The Hall–Kier alpha value is -0.830. The zero-order valence-corrected chi connectivity index (χ0v) is 11.5. The van der Waals surface area contributed by atoms with Gasteiger partial charge in [-0.2, -0.15) is 0 Å². The monoisotopic (exact) mass is 261 g/mol. The first-order chi connectivity index (χ1) is 9.02. The minimum atomic E-state index is -0.476. The topological polar surface area (TPSA) is 40.5 Å². The van der Waals surface area contributed by atoms with Crippen LogP contribution in [0.4, 0.5) is 0 Å². The number of aliphatic hydroxyl groups is 1. The first-order valence-corrected chi connectivity index (χ1v) is 7.67. The minimum absolute atomic E-state index is 0.0202. The number of hydrogen-bond acceptors (Lipinski definition) is 2. The van der Waals surface area contributed by atoms with Gasteiger partial charge in [0.25, 0.3) is 0 Å². The van der Waals surface area contributed by atoms with E-state index in [2.05, 4.69) is 11.5 Å². The Morgan fingerprint density at radius 1 is 1.26 bits per heavy atom. The molecule has 0 radical (unpaired) electrons. The van der Waals surface area contributed by atoms with Crippen molar-refractivity contribution in [2.24, 2.45) is 17.8 Å². The van der Waals surface area contributed by atoms with Crippen LogP contribution in [0.2, 0.25) is 0 Å². The lowest BCUT2D eigenvalue weighted by Crippen LogP contribution is -2.65. The van der Waals surface area contributed by atoms with Gasteiger partial charge in [-0.15, -0.1) is 6.58 Å². The highest BCUT2D eigenvalue weighted by Gasteiger charge is 2.60. The second-order valence-electron chi connectivity index (χ2n) is 7.61. The molecule has 1 amide bonds.